The summed E-state index contributed by atoms with van der Waals surface area (Å²) in [6.07, 6.45) is 5.09. The Morgan fingerprint density at radius 2 is 2.21 bits per heavy atom. The molecule has 2 aromatic rings. The number of aromatic nitrogens is 4. The van der Waals surface area contributed by atoms with Crippen molar-refractivity contribution >= 4 is 36.6 Å². The van der Waals surface area contributed by atoms with Crippen LogP contribution in [0.15, 0.2) is 11.5 Å². The van der Waals surface area contributed by atoms with Gasteiger partial charge in [0.1, 0.15) is 5.52 Å². The fraction of sp³-hybridized carbons (Fsp3) is 0.615. The third kappa shape index (κ3) is 4.90. The third-order valence-corrected chi connectivity index (χ3v) is 4.73. The highest BCUT2D eigenvalue weighted by molar-refractivity contribution is 7.98. The summed E-state index contributed by atoms with van der Waals surface area (Å²) in [4.78, 5) is 30.9. The van der Waals surface area contributed by atoms with Crippen molar-refractivity contribution in [1.29, 1.82) is 0 Å². The lowest BCUT2D eigenvalue weighted by molar-refractivity contribution is 0.160. The van der Waals surface area contributed by atoms with Crippen molar-refractivity contribution in [1.82, 2.24) is 19.5 Å². The molecule has 2 aromatic heterocycles. The Hall–Kier alpha value is -1.19. The van der Waals surface area contributed by atoms with Gasteiger partial charge in [0, 0.05) is 13.6 Å². The first kappa shape index (κ1) is 19.1. The molecule has 0 radical (unpaired) electrons. The molecule has 1 unspecified atom stereocenters. The first-order valence-electron chi connectivity index (χ1n) is 7.52. The van der Waals surface area contributed by atoms with Crippen molar-refractivity contribution in [3.05, 3.63) is 6.33 Å². The summed E-state index contributed by atoms with van der Waals surface area (Å²) >= 11 is 1.46. The van der Waals surface area contributed by atoms with Crippen molar-refractivity contribution in [2.24, 2.45) is 5.92 Å². The van der Waals surface area contributed by atoms with Gasteiger partial charge in [-0.1, -0.05) is 25.1 Å². The van der Waals surface area contributed by atoms with Crippen LogP contribution in [0.3, 0.4) is 0 Å². The van der Waals surface area contributed by atoms with Gasteiger partial charge in [-0.25, -0.2) is 19.5 Å². The molecule has 0 amide bonds. The van der Waals surface area contributed by atoms with Crippen LogP contribution in [-0.2, 0) is 15.6 Å². The van der Waals surface area contributed by atoms with Gasteiger partial charge >= 0.3 is 7.82 Å². The molecule has 0 saturated heterocycles. The van der Waals surface area contributed by atoms with E-state index in [0.29, 0.717) is 29.5 Å². The number of phosphoric acid groups is 1. The first-order valence-corrected chi connectivity index (χ1v) is 10.3. The minimum atomic E-state index is -4.43. The second kappa shape index (κ2) is 8.26. The maximum absolute atomic E-state index is 10.8. The molecule has 0 bridgehead atoms. The molecule has 9 nitrogen and oxygen atoms in total. The predicted octanol–water partition coefficient (Wildman–Crippen LogP) is 2.12. The SMILES string of the molecule is CCC(CCn1cnc2c(NC)nc(SC)nc21)COP(=O)(O)O. The van der Waals surface area contributed by atoms with Crippen molar-refractivity contribution in [3.63, 3.8) is 0 Å². The van der Waals surface area contributed by atoms with E-state index < -0.39 is 7.82 Å². The number of nitrogens with one attached hydrogen (secondary N) is 1. The van der Waals surface area contributed by atoms with E-state index in [2.05, 4.69) is 24.8 Å². The van der Waals surface area contributed by atoms with Crippen LogP contribution in [0.1, 0.15) is 19.8 Å². The molecule has 134 valence electrons. The van der Waals surface area contributed by atoms with Gasteiger partial charge in [-0.2, -0.15) is 0 Å². The lowest BCUT2D eigenvalue weighted by Crippen LogP contribution is -2.11. The summed E-state index contributed by atoms with van der Waals surface area (Å²) in [7, 11) is -2.64. The van der Waals surface area contributed by atoms with Crippen molar-refractivity contribution in [3.8, 4) is 0 Å². The van der Waals surface area contributed by atoms with Gasteiger partial charge in [-0.05, 0) is 18.6 Å². The van der Waals surface area contributed by atoms with Crippen molar-refractivity contribution in [2.75, 3.05) is 25.2 Å². The molecule has 2 heterocycles. The second-order valence-electron chi connectivity index (χ2n) is 5.27. The summed E-state index contributed by atoms with van der Waals surface area (Å²) in [5.41, 5.74) is 1.44. The molecule has 0 saturated carbocycles. The van der Waals surface area contributed by atoms with Crippen molar-refractivity contribution in [2.45, 2.75) is 31.5 Å². The highest BCUT2D eigenvalue weighted by Crippen LogP contribution is 2.37. The topological polar surface area (TPSA) is 122 Å². The van der Waals surface area contributed by atoms with Gasteiger partial charge in [0.25, 0.3) is 0 Å². The van der Waals surface area contributed by atoms with E-state index in [-0.39, 0.29) is 12.5 Å². The molecule has 11 heteroatoms. The lowest BCUT2D eigenvalue weighted by Gasteiger charge is -2.15. The highest BCUT2D eigenvalue weighted by Gasteiger charge is 2.18. The van der Waals surface area contributed by atoms with Crippen LogP contribution in [0.4, 0.5) is 5.82 Å². The highest BCUT2D eigenvalue weighted by atomic mass is 32.2. The standard InChI is InChI=1S/C13H22N5O4PS/c1-4-9(7-22-23(19,20)21)5-6-18-8-15-10-11(14-2)16-13(24-3)17-12(10)18/h8-9H,4-7H2,1-3H3,(H,14,16,17)(H2,19,20,21). The Bertz CT molecular complexity index is 734. The number of hydrogen-bond acceptors (Lipinski definition) is 7. The average Bonchev–Trinajstić information content (AvgIpc) is 2.96. The number of imidazole rings is 1. The zero-order valence-corrected chi connectivity index (χ0v) is 15.5. The summed E-state index contributed by atoms with van der Waals surface area (Å²) in [6, 6.07) is 0. The normalized spacial score (nSPS) is 13.4. The van der Waals surface area contributed by atoms with Crippen LogP contribution >= 0.6 is 19.6 Å². The van der Waals surface area contributed by atoms with Crippen LogP contribution in [0, 0.1) is 5.92 Å². The van der Waals surface area contributed by atoms with Gasteiger partial charge in [0.2, 0.25) is 0 Å². The number of phosphoric ester groups is 1. The van der Waals surface area contributed by atoms with E-state index in [1.807, 2.05) is 17.7 Å². The maximum atomic E-state index is 10.8. The van der Waals surface area contributed by atoms with Crippen LogP contribution in [0.2, 0.25) is 0 Å². The summed E-state index contributed by atoms with van der Waals surface area (Å²) in [5.74, 6) is 0.723. The van der Waals surface area contributed by atoms with Crippen LogP contribution in [0.25, 0.3) is 11.2 Å². The molecule has 0 aliphatic carbocycles. The first-order chi connectivity index (χ1) is 11.4. The Kier molecular flexibility index (Phi) is 6.59. The number of hydrogen-bond donors (Lipinski definition) is 3. The fourth-order valence-electron chi connectivity index (χ4n) is 2.28. The van der Waals surface area contributed by atoms with Gasteiger partial charge in [0.05, 0.1) is 12.9 Å². The Morgan fingerprint density at radius 3 is 2.79 bits per heavy atom. The maximum Gasteiger partial charge on any atom is 0.469 e. The number of rotatable bonds is 9. The smallest absolute Gasteiger partial charge is 0.371 e. The molecule has 2 rings (SSSR count). The third-order valence-electron chi connectivity index (χ3n) is 3.70. The minimum Gasteiger partial charge on any atom is -0.371 e. The van der Waals surface area contributed by atoms with Crippen LogP contribution < -0.4 is 5.32 Å². The molecule has 0 aromatic carbocycles. The molecule has 0 fully saturated rings. The molecular weight excluding hydrogens is 353 g/mol. The molecule has 0 aliphatic heterocycles. The van der Waals surface area contributed by atoms with E-state index >= 15 is 0 Å². The van der Waals surface area contributed by atoms with E-state index in [1.165, 1.54) is 11.8 Å². The predicted molar refractivity (Wildman–Crippen MR) is 93.0 cm³/mol. The number of thioether (sulfide) groups is 1. The molecule has 24 heavy (non-hydrogen) atoms. The number of fused-ring (bicyclic) bond motifs is 1. The number of anilines is 1. The molecule has 1 atom stereocenters. The van der Waals surface area contributed by atoms with Crippen LogP contribution in [-0.4, -0.2) is 49.2 Å². The summed E-state index contributed by atoms with van der Waals surface area (Å²) in [6.45, 7) is 2.63. The second-order valence-corrected chi connectivity index (χ2v) is 7.28. The summed E-state index contributed by atoms with van der Waals surface area (Å²) in [5, 5.41) is 3.68. The van der Waals surface area contributed by atoms with E-state index in [9.17, 15) is 4.57 Å². The fourth-order valence-corrected chi connectivity index (χ4v) is 3.05. The minimum absolute atomic E-state index is 0.0280. The van der Waals surface area contributed by atoms with Crippen molar-refractivity contribution < 1.29 is 18.9 Å². The van der Waals surface area contributed by atoms with E-state index in [1.54, 1.807) is 13.4 Å². The van der Waals surface area contributed by atoms with Gasteiger partial charge in [-0.3, -0.25) is 4.52 Å². The molecule has 0 aliphatic rings. The van der Waals surface area contributed by atoms with Gasteiger partial charge in [-0.15, -0.1) is 0 Å². The molecule has 0 spiro atoms. The van der Waals surface area contributed by atoms with Gasteiger partial charge < -0.3 is 19.7 Å². The Morgan fingerprint density at radius 1 is 1.46 bits per heavy atom. The summed E-state index contributed by atoms with van der Waals surface area (Å²) < 4.78 is 17.4. The van der Waals surface area contributed by atoms with E-state index in [0.717, 1.165) is 12.1 Å². The number of aryl methyl sites for hydroxylation is 1. The zero-order chi connectivity index (χ0) is 17.7. The van der Waals surface area contributed by atoms with Crippen LogP contribution in [0.5, 0.6) is 0 Å². The zero-order valence-electron chi connectivity index (χ0n) is 13.8. The quantitative estimate of drug-likeness (QED) is 0.343. The Balaban J connectivity index is 2.13. The Labute approximate surface area is 144 Å². The largest absolute Gasteiger partial charge is 0.469 e. The van der Waals surface area contributed by atoms with Gasteiger partial charge in [0.15, 0.2) is 16.6 Å². The molecular formula is C13H22N5O4PS. The lowest BCUT2D eigenvalue weighted by atomic mass is 10.0. The monoisotopic (exact) mass is 375 g/mol. The van der Waals surface area contributed by atoms with E-state index in [4.69, 9.17) is 9.79 Å². The number of nitrogens with zero attached hydrogens (tertiary/aromatic N) is 4. The molecule has 3 N–H and O–H groups in total. The average molecular weight is 375 g/mol.